The summed E-state index contributed by atoms with van der Waals surface area (Å²) in [6, 6.07) is 0.184. The van der Waals surface area contributed by atoms with Gasteiger partial charge in [0.25, 0.3) is 0 Å². The first-order valence-electron chi connectivity index (χ1n) is 6.46. The van der Waals surface area contributed by atoms with E-state index < -0.39 is 0 Å². The molecule has 4 heteroatoms. The number of rotatable bonds is 6. The summed E-state index contributed by atoms with van der Waals surface area (Å²) in [6.45, 7) is 7.20. The van der Waals surface area contributed by atoms with Crippen molar-refractivity contribution < 1.29 is 4.79 Å². The van der Waals surface area contributed by atoms with E-state index in [0.717, 1.165) is 32.5 Å². The van der Waals surface area contributed by atoms with Crippen molar-refractivity contribution in [1.29, 1.82) is 0 Å². The molecule has 94 valence electrons. The highest BCUT2D eigenvalue weighted by Crippen LogP contribution is 2.15. The van der Waals surface area contributed by atoms with Gasteiger partial charge in [-0.05, 0) is 32.4 Å². The van der Waals surface area contributed by atoms with E-state index in [1.54, 1.807) is 0 Å². The number of nitrogens with zero attached hydrogens (tertiary/aromatic N) is 1. The number of nitrogens with two attached hydrogens (primary N) is 1. The van der Waals surface area contributed by atoms with Gasteiger partial charge in [0.05, 0.1) is 6.04 Å². The predicted octanol–water partition coefficient (Wildman–Crippen LogP) is 0.714. The summed E-state index contributed by atoms with van der Waals surface area (Å²) in [5.41, 5.74) is 5.75. The van der Waals surface area contributed by atoms with Crippen molar-refractivity contribution in [2.75, 3.05) is 19.6 Å². The zero-order valence-corrected chi connectivity index (χ0v) is 10.5. The summed E-state index contributed by atoms with van der Waals surface area (Å²) in [7, 11) is 0. The number of nitrogens with one attached hydrogen (secondary N) is 1. The van der Waals surface area contributed by atoms with Crippen LogP contribution in [0, 0.1) is 0 Å². The summed E-state index contributed by atoms with van der Waals surface area (Å²) < 4.78 is 0. The van der Waals surface area contributed by atoms with Gasteiger partial charge >= 0.3 is 0 Å². The molecule has 2 unspecified atom stereocenters. The maximum absolute atomic E-state index is 11.6. The Morgan fingerprint density at radius 3 is 2.94 bits per heavy atom. The molecule has 2 atom stereocenters. The summed E-state index contributed by atoms with van der Waals surface area (Å²) in [6.07, 6.45) is 4.17. The minimum atomic E-state index is -0.332. The molecule has 0 aromatic rings. The smallest absolute Gasteiger partial charge is 0.236 e. The molecule has 16 heavy (non-hydrogen) atoms. The van der Waals surface area contributed by atoms with Gasteiger partial charge in [0.2, 0.25) is 5.91 Å². The number of hydrogen-bond acceptors (Lipinski definition) is 3. The van der Waals surface area contributed by atoms with Crippen molar-refractivity contribution in [3.05, 3.63) is 0 Å². The summed E-state index contributed by atoms with van der Waals surface area (Å²) in [5, 5.41) is 2.97. The van der Waals surface area contributed by atoms with Gasteiger partial charge in [-0.2, -0.15) is 0 Å². The average Bonchev–Trinajstić information content (AvgIpc) is 2.73. The Hall–Kier alpha value is -0.610. The number of hydrogen-bond donors (Lipinski definition) is 2. The first-order chi connectivity index (χ1) is 7.69. The van der Waals surface area contributed by atoms with E-state index in [4.69, 9.17) is 5.73 Å². The molecule has 0 radical (unpaired) electrons. The van der Waals surface area contributed by atoms with Gasteiger partial charge in [0.1, 0.15) is 0 Å². The van der Waals surface area contributed by atoms with Gasteiger partial charge in [-0.1, -0.05) is 20.3 Å². The zero-order chi connectivity index (χ0) is 12.0. The molecular formula is C12H25N3O. The second-order valence-corrected chi connectivity index (χ2v) is 4.56. The Kier molecular flexibility index (Phi) is 5.77. The van der Waals surface area contributed by atoms with Crippen molar-refractivity contribution in [3.63, 3.8) is 0 Å². The molecule has 0 aliphatic carbocycles. The maximum Gasteiger partial charge on any atom is 0.236 e. The third-order valence-corrected chi connectivity index (χ3v) is 3.35. The molecule has 1 amide bonds. The van der Waals surface area contributed by atoms with Crippen LogP contribution in [0.2, 0.25) is 0 Å². The van der Waals surface area contributed by atoms with Crippen LogP contribution in [-0.2, 0) is 4.79 Å². The highest BCUT2D eigenvalue weighted by molar-refractivity contribution is 5.81. The van der Waals surface area contributed by atoms with Crippen molar-refractivity contribution in [1.82, 2.24) is 10.2 Å². The standard InChI is InChI=1S/C12H25N3O/c1-3-6-11(13)12(16)14-9-10-7-5-8-15(10)4-2/h10-11H,3-9,13H2,1-2H3,(H,14,16). The molecule has 0 saturated carbocycles. The minimum absolute atomic E-state index is 0.00445. The Morgan fingerprint density at radius 2 is 2.31 bits per heavy atom. The van der Waals surface area contributed by atoms with Gasteiger partial charge in [0, 0.05) is 12.6 Å². The number of amides is 1. The highest BCUT2D eigenvalue weighted by atomic mass is 16.2. The second-order valence-electron chi connectivity index (χ2n) is 4.56. The Bertz CT molecular complexity index is 220. The molecule has 0 aromatic carbocycles. The fourth-order valence-corrected chi connectivity index (χ4v) is 2.33. The van der Waals surface area contributed by atoms with Crippen molar-refractivity contribution in [2.24, 2.45) is 5.73 Å². The Balaban J connectivity index is 2.25. The van der Waals surface area contributed by atoms with E-state index in [1.807, 2.05) is 6.92 Å². The molecule has 4 nitrogen and oxygen atoms in total. The molecule has 1 rings (SSSR count). The van der Waals surface area contributed by atoms with Crippen LogP contribution in [0.15, 0.2) is 0 Å². The molecule has 1 heterocycles. The summed E-state index contributed by atoms with van der Waals surface area (Å²) in [4.78, 5) is 14.1. The van der Waals surface area contributed by atoms with Gasteiger partial charge < -0.3 is 11.1 Å². The SMILES string of the molecule is CCCC(N)C(=O)NCC1CCCN1CC. The van der Waals surface area contributed by atoms with Crippen LogP contribution in [0.1, 0.15) is 39.5 Å². The normalized spacial score (nSPS) is 23.3. The van der Waals surface area contributed by atoms with Crippen LogP contribution in [0.4, 0.5) is 0 Å². The Morgan fingerprint density at radius 1 is 1.56 bits per heavy atom. The fourth-order valence-electron chi connectivity index (χ4n) is 2.33. The highest BCUT2D eigenvalue weighted by Gasteiger charge is 2.23. The molecule has 1 fully saturated rings. The van der Waals surface area contributed by atoms with Crippen LogP contribution in [0.5, 0.6) is 0 Å². The molecular weight excluding hydrogens is 202 g/mol. The molecule has 0 aromatic heterocycles. The van der Waals surface area contributed by atoms with Crippen LogP contribution >= 0.6 is 0 Å². The average molecular weight is 227 g/mol. The van der Waals surface area contributed by atoms with E-state index in [2.05, 4.69) is 17.1 Å². The molecule has 1 saturated heterocycles. The van der Waals surface area contributed by atoms with E-state index in [0.29, 0.717) is 6.04 Å². The van der Waals surface area contributed by atoms with Gasteiger partial charge in [-0.3, -0.25) is 9.69 Å². The number of likely N-dealkylation sites (N-methyl/N-ethyl adjacent to an activating group) is 1. The lowest BCUT2D eigenvalue weighted by Crippen LogP contribution is -2.46. The summed E-state index contributed by atoms with van der Waals surface area (Å²) >= 11 is 0. The van der Waals surface area contributed by atoms with Crippen LogP contribution < -0.4 is 11.1 Å². The second kappa shape index (κ2) is 6.86. The van der Waals surface area contributed by atoms with Gasteiger partial charge in [-0.25, -0.2) is 0 Å². The first-order valence-corrected chi connectivity index (χ1v) is 6.46. The number of carbonyl (C=O) groups excluding carboxylic acids is 1. The lowest BCUT2D eigenvalue weighted by Gasteiger charge is -2.23. The molecule has 3 N–H and O–H groups in total. The first kappa shape index (κ1) is 13.5. The van der Waals surface area contributed by atoms with E-state index in [1.165, 1.54) is 12.8 Å². The molecule has 1 aliphatic heterocycles. The Labute approximate surface area is 98.6 Å². The van der Waals surface area contributed by atoms with Crippen molar-refractivity contribution in [3.8, 4) is 0 Å². The van der Waals surface area contributed by atoms with E-state index in [-0.39, 0.29) is 11.9 Å². The molecule has 0 spiro atoms. The zero-order valence-electron chi connectivity index (χ0n) is 10.5. The third kappa shape index (κ3) is 3.76. The van der Waals surface area contributed by atoms with Crippen LogP contribution in [0.25, 0.3) is 0 Å². The number of likely N-dealkylation sites (tertiary alicyclic amines) is 1. The fraction of sp³-hybridized carbons (Fsp3) is 0.917. The van der Waals surface area contributed by atoms with E-state index >= 15 is 0 Å². The van der Waals surface area contributed by atoms with Gasteiger partial charge in [0.15, 0.2) is 0 Å². The number of carbonyl (C=O) groups is 1. The van der Waals surface area contributed by atoms with Crippen LogP contribution in [-0.4, -0.2) is 42.5 Å². The monoisotopic (exact) mass is 227 g/mol. The quantitative estimate of drug-likeness (QED) is 0.703. The molecule has 0 bridgehead atoms. The minimum Gasteiger partial charge on any atom is -0.353 e. The van der Waals surface area contributed by atoms with Crippen molar-refractivity contribution >= 4 is 5.91 Å². The molecule has 1 aliphatic rings. The van der Waals surface area contributed by atoms with Crippen LogP contribution in [0.3, 0.4) is 0 Å². The largest absolute Gasteiger partial charge is 0.353 e. The van der Waals surface area contributed by atoms with Gasteiger partial charge in [-0.15, -0.1) is 0 Å². The van der Waals surface area contributed by atoms with Crippen molar-refractivity contribution in [2.45, 2.75) is 51.6 Å². The topological polar surface area (TPSA) is 58.4 Å². The summed E-state index contributed by atoms with van der Waals surface area (Å²) in [5.74, 6) is 0.00445. The lowest BCUT2D eigenvalue weighted by molar-refractivity contribution is -0.122. The third-order valence-electron chi connectivity index (χ3n) is 3.35. The lowest BCUT2D eigenvalue weighted by atomic mass is 10.1. The predicted molar refractivity (Wildman–Crippen MR) is 66.2 cm³/mol. The van der Waals surface area contributed by atoms with E-state index in [9.17, 15) is 4.79 Å². The maximum atomic E-state index is 11.6.